The number of hydrogen-bond acceptors (Lipinski definition) is 3. The molecule has 1 amide bonds. The molecule has 0 atom stereocenters. The summed E-state index contributed by atoms with van der Waals surface area (Å²) in [6.07, 6.45) is -0.659. The van der Waals surface area contributed by atoms with E-state index in [1.165, 1.54) is 6.07 Å². The lowest BCUT2D eigenvalue weighted by Crippen LogP contribution is -2.22. The van der Waals surface area contributed by atoms with Gasteiger partial charge in [0, 0.05) is 17.9 Å². The van der Waals surface area contributed by atoms with Gasteiger partial charge in [0.25, 0.3) is 0 Å². The number of benzene rings is 3. The molecule has 1 aromatic heterocycles. The minimum Gasteiger partial charge on any atom is -0.326 e. The van der Waals surface area contributed by atoms with Crippen molar-refractivity contribution in [2.45, 2.75) is 32.0 Å². The zero-order chi connectivity index (χ0) is 24.4. The molecule has 1 saturated heterocycles. The third kappa shape index (κ3) is 5.22. The van der Waals surface area contributed by atoms with E-state index in [1.54, 1.807) is 12.4 Å². The Bertz CT molecular complexity index is 1340. The van der Waals surface area contributed by atoms with E-state index < -0.39 is 11.7 Å². The maximum absolute atomic E-state index is 13.7. The molecule has 1 aliphatic heterocycles. The van der Waals surface area contributed by atoms with Crippen LogP contribution in [0.4, 0.5) is 18.9 Å². The van der Waals surface area contributed by atoms with E-state index in [1.807, 2.05) is 58.0 Å². The molecule has 1 aliphatic rings. The van der Waals surface area contributed by atoms with Crippen molar-refractivity contribution in [2.24, 2.45) is 0 Å². The van der Waals surface area contributed by atoms with E-state index in [4.69, 9.17) is 0 Å². The fraction of sp³-hybridized carbons (Fsp3) is 0.259. The number of rotatable bonds is 6. The van der Waals surface area contributed by atoms with Gasteiger partial charge in [-0.25, -0.2) is 4.98 Å². The van der Waals surface area contributed by atoms with E-state index in [0.717, 1.165) is 54.3 Å². The van der Waals surface area contributed by atoms with Crippen LogP contribution in [0.25, 0.3) is 16.7 Å². The number of para-hydroxylation sites is 2. The fourth-order valence-electron chi connectivity index (χ4n) is 4.57. The molecule has 5 rings (SSSR count). The van der Waals surface area contributed by atoms with Crippen LogP contribution >= 0.6 is 0 Å². The predicted octanol–water partition coefficient (Wildman–Crippen LogP) is 5.82. The maximum atomic E-state index is 13.7. The first-order valence-corrected chi connectivity index (χ1v) is 11.6. The van der Waals surface area contributed by atoms with Gasteiger partial charge in [-0.3, -0.25) is 14.3 Å². The van der Waals surface area contributed by atoms with Gasteiger partial charge in [0.05, 0.1) is 23.0 Å². The molecule has 0 spiro atoms. The smallest absolute Gasteiger partial charge is 0.326 e. The Kier molecular flexibility index (Phi) is 6.30. The van der Waals surface area contributed by atoms with Crippen LogP contribution in [0.1, 0.15) is 29.5 Å². The number of imidazole rings is 1. The summed E-state index contributed by atoms with van der Waals surface area (Å²) in [6, 6.07) is 19.3. The number of hydrogen-bond donors (Lipinski definition) is 1. The van der Waals surface area contributed by atoms with Crippen molar-refractivity contribution in [3.63, 3.8) is 0 Å². The van der Waals surface area contributed by atoms with Gasteiger partial charge in [0.1, 0.15) is 6.33 Å². The highest BCUT2D eigenvalue weighted by Crippen LogP contribution is 2.35. The molecule has 8 heteroatoms. The number of amides is 1. The molecule has 3 aromatic carbocycles. The van der Waals surface area contributed by atoms with Gasteiger partial charge in [-0.05, 0) is 73.5 Å². The molecular formula is C27H25F3N4O. The van der Waals surface area contributed by atoms with Crippen molar-refractivity contribution in [2.75, 3.05) is 18.4 Å². The number of anilines is 1. The van der Waals surface area contributed by atoms with Crippen LogP contribution < -0.4 is 5.32 Å². The molecule has 0 aliphatic carbocycles. The number of nitrogens with one attached hydrogen (secondary N) is 1. The van der Waals surface area contributed by atoms with E-state index in [0.29, 0.717) is 0 Å². The average Bonchev–Trinajstić information content (AvgIpc) is 3.50. The summed E-state index contributed by atoms with van der Waals surface area (Å²) in [5, 5.41) is 2.62. The first-order chi connectivity index (χ1) is 16.9. The number of nitrogens with zero attached hydrogens (tertiary/aromatic N) is 3. The minimum absolute atomic E-state index is 0.0574. The number of halogens is 3. The summed E-state index contributed by atoms with van der Waals surface area (Å²) in [6.45, 7) is 1.89. The Hall–Kier alpha value is -3.65. The number of likely N-dealkylation sites (tertiary alicyclic amines) is 1. The molecule has 4 aromatic rings. The minimum atomic E-state index is -4.48. The van der Waals surface area contributed by atoms with Crippen molar-refractivity contribution < 1.29 is 18.0 Å². The van der Waals surface area contributed by atoms with Gasteiger partial charge in [-0.1, -0.05) is 30.3 Å². The zero-order valence-corrected chi connectivity index (χ0v) is 19.1. The molecule has 0 bridgehead atoms. The van der Waals surface area contributed by atoms with Crippen molar-refractivity contribution in [1.29, 1.82) is 0 Å². The van der Waals surface area contributed by atoms with Crippen LogP contribution in [0.5, 0.6) is 0 Å². The van der Waals surface area contributed by atoms with E-state index >= 15 is 0 Å². The number of alkyl halides is 3. The average molecular weight is 479 g/mol. The van der Waals surface area contributed by atoms with Crippen molar-refractivity contribution in [3.8, 4) is 5.69 Å². The van der Waals surface area contributed by atoms with Crippen LogP contribution in [0.3, 0.4) is 0 Å². The molecule has 35 heavy (non-hydrogen) atoms. The standard InChI is InChI=1S/C27H25F3N4O/c28-27(29,30)23-16-21(10-9-20(23)17-33-13-3-4-14-33)32-26(35)15-19-7-11-22(12-8-19)34-18-31-24-5-1-2-6-25(24)34/h1-2,5-12,16,18H,3-4,13-15,17H2,(H,32,35). The first-order valence-electron chi connectivity index (χ1n) is 11.6. The molecule has 180 valence electrons. The van der Waals surface area contributed by atoms with Crippen molar-refractivity contribution in [3.05, 3.63) is 89.7 Å². The first kappa shape index (κ1) is 23.1. The molecule has 5 nitrogen and oxygen atoms in total. The third-order valence-electron chi connectivity index (χ3n) is 6.32. The summed E-state index contributed by atoms with van der Waals surface area (Å²) in [5.74, 6) is -0.369. The Labute approximate surface area is 201 Å². The van der Waals surface area contributed by atoms with E-state index in [-0.39, 0.29) is 30.1 Å². The topological polar surface area (TPSA) is 50.2 Å². The number of carbonyl (C=O) groups is 1. The van der Waals surface area contributed by atoms with Crippen LogP contribution in [0.15, 0.2) is 73.1 Å². The third-order valence-corrected chi connectivity index (χ3v) is 6.32. The molecule has 0 saturated carbocycles. The Morgan fingerprint density at radius 3 is 2.46 bits per heavy atom. The number of carbonyl (C=O) groups excluding carboxylic acids is 1. The lowest BCUT2D eigenvalue weighted by atomic mass is 10.0. The van der Waals surface area contributed by atoms with Gasteiger partial charge in [0.2, 0.25) is 5.91 Å². The molecule has 1 fully saturated rings. The normalized spacial score (nSPS) is 14.5. The Morgan fingerprint density at radius 1 is 0.971 bits per heavy atom. The highest BCUT2D eigenvalue weighted by molar-refractivity contribution is 5.92. The van der Waals surface area contributed by atoms with Crippen LogP contribution in [0.2, 0.25) is 0 Å². The molecular weight excluding hydrogens is 453 g/mol. The van der Waals surface area contributed by atoms with Gasteiger partial charge in [-0.15, -0.1) is 0 Å². The van der Waals surface area contributed by atoms with Gasteiger partial charge in [0.15, 0.2) is 0 Å². The summed E-state index contributed by atoms with van der Waals surface area (Å²) in [5.41, 5.74) is 3.23. The largest absolute Gasteiger partial charge is 0.416 e. The summed E-state index contributed by atoms with van der Waals surface area (Å²) in [7, 11) is 0. The zero-order valence-electron chi connectivity index (χ0n) is 19.1. The fourth-order valence-corrected chi connectivity index (χ4v) is 4.57. The Morgan fingerprint density at radius 2 is 1.71 bits per heavy atom. The van der Waals surface area contributed by atoms with Gasteiger partial charge in [-0.2, -0.15) is 13.2 Å². The number of aromatic nitrogens is 2. The highest BCUT2D eigenvalue weighted by atomic mass is 19.4. The highest BCUT2D eigenvalue weighted by Gasteiger charge is 2.34. The predicted molar refractivity (Wildman–Crippen MR) is 129 cm³/mol. The van der Waals surface area contributed by atoms with E-state index in [9.17, 15) is 18.0 Å². The second kappa shape index (κ2) is 9.54. The Balaban J connectivity index is 1.27. The van der Waals surface area contributed by atoms with E-state index in [2.05, 4.69) is 10.3 Å². The quantitative estimate of drug-likeness (QED) is 0.380. The second-order valence-electron chi connectivity index (χ2n) is 8.85. The van der Waals surface area contributed by atoms with Gasteiger partial charge < -0.3 is 5.32 Å². The second-order valence-corrected chi connectivity index (χ2v) is 8.85. The summed E-state index contributed by atoms with van der Waals surface area (Å²) < 4.78 is 43.1. The SMILES string of the molecule is O=C(Cc1ccc(-n2cnc3ccccc32)cc1)Nc1ccc(CN2CCCC2)c(C(F)(F)F)c1. The molecule has 0 unspecified atom stereocenters. The van der Waals surface area contributed by atoms with Crippen molar-refractivity contribution >= 4 is 22.6 Å². The monoisotopic (exact) mass is 478 g/mol. The van der Waals surface area contributed by atoms with Gasteiger partial charge >= 0.3 is 6.18 Å². The van der Waals surface area contributed by atoms with Crippen LogP contribution in [-0.4, -0.2) is 33.4 Å². The summed E-state index contributed by atoms with van der Waals surface area (Å²) in [4.78, 5) is 19.0. The van der Waals surface area contributed by atoms with Crippen LogP contribution in [0, 0.1) is 0 Å². The molecule has 2 heterocycles. The van der Waals surface area contributed by atoms with Crippen molar-refractivity contribution in [1.82, 2.24) is 14.5 Å². The van der Waals surface area contributed by atoms with Crippen LogP contribution in [-0.2, 0) is 23.9 Å². The molecule has 0 radical (unpaired) electrons. The maximum Gasteiger partial charge on any atom is 0.416 e. The lowest BCUT2D eigenvalue weighted by molar-refractivity contribution is -0.138. The molecule has 1 N–H and O–H groups in total. The lowest BCUT2D eigenvalue weighted by Gasteiger charge is -2.20. The number of fused-ring (bicyclic) bond motifs is 1. The summed E-state index contributed by atoms with van der Waals surface area (Å²) >= 11 is 0.